The monoisotopic (exact) mass is 290 g/mol. The lowest BCUT2D eigenvalue weighted by molar-refractivity contribution is 0.103. The SMILES string of the molecule is O=C(c1cc2ccccc2oc1=O)c1coc2ccccc12. The fraction of sp³-hybridized carbons (Fsp3) is 0. The topological polar surface area (TPSA) is 60.4 Å². The number of ketones is 1. The normalized spacial score (nSPS) is 11.1. The van der Waals surface area contributed by atoms with Crippen LogP contribution in [0.5, 0.6) is 0 Å². The summed E-state index contributed by atoms with van der Waals surface area (Å²) in [6, 6.07) is 15.8. The zero-order chi connectivity index (χ0) is 15.1. The molecule has 0 N–H and O–H groups in total. The van der Waals surface area contributed by atoms with Crippen molar-refractivity contribution >= 4 is 27.7 Å². The van der Waals surface area contributed by atoms with Crippen molar-refractivity contribution in [2.24, 2.45) is 0 Å². The maximum atomic E-state index is 12.7. The van der Waals surface area contributed by atoms with E-state index in [0.29, 0.717) is 27.5 Å². The van der Waals surface area contributed by atoms with E-state index >= 15 is 0 Å². The lowest BCUT2D eigenvalue weighted by Crippen LogP contribution is -2.14. The van der Waals surface area contributed by atoms with Crippen LogP contribution in [0.15, 0.2) is 74.5 Å². The number of fused-ring (bicyclic) bond motifs is 2. The van der Waals surface area contributed by atoms with Crippen molar-refractivity contribution in [1.82, 2.24) is 0 Å². The van der Waals surface area contributed by atoms with E-state index in [1.165, 1.54) is 6.26 Å². The number of carbonyl (C=O) groups is 1. The van der Waals surface area contributed by atoms with Crippen LogP contribution in [0.4, 0.5) is 0 Å². The molecular weight excluding hydrogens is 280 g/mol. The fourth-order valence-corrected chi connectivity index (χ4v) is 2.52. The van der Waals surface area contributed by atoms with Gasteiger partial charge in [-0.2, -0.15) is 0 Å². The van der Waals surface area contributed by atoms with E-state index in [1.54, 1.807) is 36.4 Å². The van der Waals surface area contributed by atoms with Crippen LogP contribution in [0, 0.1) is 0 Å². The summed E-state index contributed by atoms with van der Waals surface area (Å²) in [7, 11) is 0. The van der Waals surface area contributed by atoms with Gasteiger partial charge in [0, 0.05) is 10.8 Å². The van der Waals surface area contributed by atoms with Crippen molar-refractivity contribution in [2.45, 2.75) is 0 Å². The molecule has 0 bridgehead atoms. The maximum Gasteiger partial charge on any atom is 0.347 e. The highest BCUT2D eigenvalue weighted by Gasteiger charge is 2.19. The largest absolute Gasteiger partial charge is 0.464 e. The van der Waals surface area contributed by atoms with Gasteiger partial charge < -0.3 is 8.83 Å². The standard InChI is InChI=1S/C18H10O4/c19-17(14-10-21-16-8-4-2-6-12(14)16)13-9-11-5-1-3-7-15(11)22-18(13)20/h1-10H. The molecule has 0 amide bonds. The number of rotatable bonds is 2. The van der Waals surface area contributed by atoms with Crippen LogP contribution < -0.4 is 5.63 Å². The summed E-state index contributed by atoms with van der Waals surface area (Å²) < 4.78 is 10.6. The highest BCUT2D eigenvalue weighted by molar-refractivity contribution is 6.16. The Morgan fingerprint density at radius 3 is 2.45 bits per heavy atom. The van der Waals surface area contributed by atoms with Crippen LogP contribution in [-0.2, 0) is 0 Å². The Morgan fingerprint density at radius 1 is 0.864 bits per heavy atom. The molecule has 4 rings (SSSR count). The molecule has 0 spiro atoms. The molecule has 0 saturated carbocycles. The summed E-state index contributed by atoms with van der Waals surface area (Å²) in [6.07, 6.45) is 1.38. The van der Waals surface area contributed by atoms with Gasteiger partial charge in [0.05, 0.1) is 5.56 Å². The van der Waals surface area contributed by atoms with Gasteiger partial charge in [-0.05, 0) is 18.2 Å². The first-order valence-corrected chi connectivity index (χ1v) is 6.78. The van der Waals surface area contributed by atoms with E-state index in [4.69, 9.17) is 8.83 Å². The molecule has 0 unspecified atom stereocenters. The van der Waals surface area contributed by atoms with Gasteiger partial charge in [0.25, 0.3) is 0 Å². The van der Waals surface area contributed by atoms with Crippen molar-refractivity contribution in [3.63, 3.8) is 0 Å². The number of benzene rings is 2. The molecule has 4 heteroatoms. The third-order valence-corrected chi connectivity index (χ3v) is 3.61. The van der Waals surface area contributed by atoms with E-state index in [9.17, 15) is 9.59 Å². The van der Waals surface area contributed by atoms with E-state index in [-0.39, 0.29) is 5.56 Å². The van der Waals surface area contributed by atoms with Crippen LogP contribution in [0.3, 0.4) is 0 Å². The molecule has 106 valence electrons. The number of furan rings is 1. The second-order valence-electron chi connectivity index (χ2n) is 4.96. The first-order chi connectivity index (χ1) is 10.7. The number of hydrogen-bond donors (Lipinski definition) is 0. The van der Waals surface area contributed by atoms with Crippen LogP contribution >= 0.6 is 0 Å². The molecule has 0 aliphatic heterocycles. The molecule has 2 aromatic heterocycles. The van der Waals surface area contributed by atoms with E-state index < -0.39 is 11.4 Å². The van der Waals surface area contributed by atoms with Crippen molar-refractivity contribution < 1.29 is 13.6 Å². The lowest BCUT2D eigenvalue weighted by atomic mass is 10.0. The van der Waals surface area contributed by atoms with Crippen LogP contribution in [-0.4, -0.2) is 5.78 Å². The van der Waals surface area contributed by atoms with Gasteiger partial charge in [-0.1, -0.05) is 36.4 Å². The molecule has 0 atom stereocenters. The van der Waals surface area contributed by atoms with Gasteiger partial charge in [-0.25, -0.2) is 4.79 Å². The van der Waals surface area contributed by atoms with Gasteiger partial charge in [0.2, 0.25) is 5.78 Å². The fourth-order valence-electron chi connectivity index (χ4n) is 2.52. The zero-order valence-electron chi connectivity index (χ0n) is 11.4. The number of carbonyl (C=O) groups excluding carboxylic acids is 1. The van der Waals surface area contributed by atoms with Gasteiger partial charge in [0.1, 0.15) is 23.0 Å². The molecular formula is C18H10O4. The molecule has 0 aliphatic rings. The summed E-state index contributed by atoms with van der Waals surface area (Å²) in [5.41, 5.74) is 0.787. The third kappa shape index (κ3) is 1.85. The van der Waals surface area contributed by atoms with Crippen LogP contribution in [0.2, 0.25) is 0 Å². The highest BCUT2D eigenvalue weighted by atomic mass is 16.4. The summed E-state index contributed by atoms with van der Waals surface area (Å²) in [4.78, 5) is 24.8. The molecule has 0 fully saturated rings. The summed E-state index contributed by atoms with van der Waals surface area (Å²) in [6.45, 7) is 0. The molecule has 0 radical (unpaired) electrons. The summed E-state index contributed by atoms with van der Waals surface area (Å²) in [5.74, 6) is -0.399. The average molecular weight is 290 g/mol. The van der Waals surface area contributed by atoms with Crippen molar-refractivity contribution in [3.05, 3.63) is 82.4 Å². The van der Waals surface area contributed by atoms with E-state index in [2.05, 4.69) is 0 Å². The predicted molar refractivity (Wildman–Crippen MR) is 82.1 cm³/mol. The van der Waals surface area contributed by atoms with Gasteiger partial charge >= 0.3 is 5.63 Å². The Balaban J connectivity index is 1.93. The molecule has 4 nitrogen and oxygen atoms in total. The first kappa shape index (κ1) is 12.6. The van der Waals surface area contributed by atoms with Gasteiger partial charge in [-0.3, -0.25) is 4.79 Å². The molecule has 22 heavy (non-hydrogen) atoms. The van der Waals surface area contributed by atoms with Crippen LogP contribution in [0.1, 0.15) is 15.9 Å². The molecule has 4 aromatic rings. The number of para-hydroxylation sites is 2. The maximum absolute atomic E-state index is 12.7. The Kier molecular flexibility index (Phi) is 2.69. The Bertz CT molecular complexity index is 1070. The zero-order valence-corrected chi connectivity index (χ0v) is 11.4. The van der Waals surface area contributed by atoms with Gasteiger partial charge in [0.15, 0.2) is 0 Å². The summed E-state index contributed by atoms with van der Waals surface area (Å²) in [5, 5.41) is 1.39. The lowest BCUT2D eigenvalue weighted by Gasteiger charge is -2.00. The van der Waals surface area contributed by atoms with Crippen molar-refractivity contribution in [1.29, 1.82) is 0 Å². The van der Waals surface area contributed by atoms with Crippen LogP contribution in [0.25, 0.3) is 21.9 Å². The number of hydrogen-bond acceptors (Lipinski definition) is 4. The molecule has 2 aromatic carbocycles. The highest BCUT2D eigenvalue weighted by Crippen LogP contribution is 2.23. The second-order valence-corrected chi connectivity index (χ2v) is 4.96. The third-order valence-electron chi connectivity index (χ3n) is 3.61. The Labute approximate surface area is 124 Å². The second kappa shape index (κ2) is 4.70. The first-order valence-electron chi connectivity index (χ1n) is 6.78. The minimum absolute atomic E-state index is 0.00486. The summed E-state index contributed by atoms with van der Waals surface area (Å²) >= 11 is 0. The quantitative estimate of drug-likeness (QED) is 0.416. The molecule has 0 saturated heterocycles. The average Bonchev–Trinajstić information content (AvgIpc) is 2.97. The Hall–Kier alpha value is -3.14. The minimum Gasteiger partial charge on any atom is -0.464 e. The predicted octanol–water partition coefficient (Wildman–Crippen LogP) is 3.77. The van der Waals surface area contributed by atoms with E-state index in [1.807, 2.05) is 18.2 Å². The molecule has 2 heterocycles. The van der Waals surface area contributed by atoms with Crippen molar-refractivity contribution in [2.75, 3.05) is 0 Å². The van der Waals surface area contributed by atoms with Gasteiger partial charge in [-0.15, -0.1) is 0 Å². The minimum atomic E-state index is -0.644. The Morgan fingerprint density at radius 2 is 1.59 bits per heavy atom. The van der Waals surface area contributed by atoms with E-state index in [0.717, 1.165) is 0 Å². The smallest absolute Gasteiger partial charge is 0.347 e. The van der Waals surface area contributed by atoms with Crippen molar-refractivity contribution in [3.8, 4) is 0 Å². The molecule has 0 aliphatic carbocycles.